The zero-order chi connectivity index (χ0) is 18.8. The molecule has 0 radical (unpaired) electrons. The quantitative estimate of drug-likeness (QED) is 0.591. The van der Waals surface area contributed by atoms with Gasteiger partial charge in [-0.1, -0.05) is 0 Å². The van der Waals surface area contributed by atoms with Crippen LogP contribution in [0.15, 0.2) is 24.4 Å². The highest BCUT2D eigenvalue weighted by molar-refractivity contribution is 5.85. The van der Waals surface area contributed by atoms with Gasteiger partial charge < -0.3 is 34.7 Å². The van der Waals surface area contributed by atoms with E-state index in [0.29, 0.717) is 18.7 Å². The minimum absolute atomic E-state index is 0.0695. The number of nitrogens with one attached hydrogen (secondary N) is 1. The third-order valence-electron chi connectivity index (χ3n) is 4.64. The number of benzene rings is 1. The number of aliphatic hydroxyl groups excluding tert-OH is 3. The molecule has 8 nitrogen and oxygen atoms in total. The summed E-state index contributed by atoms with van der Waals surface area (Å²) in [6.45, 7) is 1.87. The number of rotatable bonds is 5. The normalized spacial score (nSPS) is 26.0. The summed E-state index contributed by atoms with van der Waals surface area (Å²) < 4.78 is 12.6. The molecule has 4 N–H and O–H groups in total. The van der Waals surface area contributed by atoms with Crippen LogP contribution in [0.4, 0.5) is 0 Å². The second-order valence-corrected chi connectivity index (χ2v) is 6.45. The lowest BCUT2D eigenvalue weighted by molar-refractivity contribution is -0.209. The molecule has 26 heavy (non-hydrogen) atoms. The van der Waals surface area contributed by atoms with Crippen LogP contribution in [0.3, 0.4) is 0 Å². The second-order valence-electron chi connectivity index (χ2n) is 6.45. The Morgan fingerprint density at radius 1 is 1.35 bits per heavy atom. The summed E-state index contributed by atoms with van der Waals surface area (Å²) in [5, 5.41) is 33.7. The van der Waals surface area contributed by atoms with Gasteiger partial charge in [-0.25, -0.2) is 0 Å². The van der Waals surface area contributed by atoms with Crippen molar-refractivity contribution in [1.29, 1.82) is 0 Å². The number of aromatic nitrogens is 1. The third-order valence-corrected chi connectivity index (χ3v) is 4.64. The first-order chi connectivity index (χ1) is 12.4. The summed E-state index contributed by atoms with van der Waals surface area (Å²) in [6, 6.07) is 5.54. The van der Waals surface area contributed by atoms with E-state index in [2.05, 4.69) is 5.32 Å². The second kappa shape index (κ2) is 7.63. The number of ether oxygens (including phenoxy) is 2. The van der Waals surface area contributed by atoms with E-state index in [4.69, 9.17) is 9.47 Å². The minimum Gasteiger partial charge on any atom is -0.497 e. The van der Waals surface area contributed by atoms with Crippen molar-refractivity contribution in [2.75, 3.05) is 20.3 Å². The van der Waals surface area contributed by atoms with E-state index in [9.17, 15) is 20.1 Å². The minimum atomic E-state index is -1.28. The molecular formula is C18H24N2O6. The number of hydrogen-bond acceptors (Lipinski definition) is 6. The average Bonchev–Trinajstić information content (AvgIpc) is 2.97. The Balaban J connectivity index is 1.98. The summed E-state index contributed by atoms with van der Waals surface area (Å²) in [4.78, 5) is 11.1. The number of hydrogen-bond donors (Lipinski definition) is 4. The number of methoxy groups -OCH3 is 1. The number of aliphatic hydroxyl groups is 3. The van der Waals surface area contributed by atoms with Crippen LogP contribution in [0.25, 0.3) is 10.9 Å². The van der Waals surface area contributed by atoms with Gasteiger partial charge in [0.05, 0.1) is 19.2 Å². The van der Waals surface area contributed by atoms with Crippen molar-refractivity contribution < 1.29 is 29.6 Å². The Kier molecular flexibility index (Phi) is 5.47. The summed E-state index contributed by atoms with van der Waals surface area (Å²) in [5.41, 5.74) is 1.75. The molecule has 8 heteroatoms. The Bertz CT molecular complexity index is 789. The summed E-state index contributed by atoms with van der Waals surface area (Å²) in [7, 11) is 1.58. The van der Waals surface area contributed by atoms with Crippen LogP contribution in [0.5, 0.6) is 5.75 Å². The van der Waals surface area contributed by atoms with Gasteiger partial charge in [0.15, 0.2) is 6.23 Å². The Labute approximate surface area is 150 Å². The molecule has 3 rings (SSSR count). The van der Waals surface area contributed by atoms with Crippen molar-refractivity contribution in [3.63, 3.8) is 0 Å². The molecule has 1 fully saturated rings. The largest absolute Gasteiger partial charge is 0.497 e. The molecule has 1 aromatic heterocycles. The van der Waals surface area contributed by atoms with Gasteiger partial charge >= 0.3 is 0 Å². The maximum absolute atomic E-state index is 11.1. The maximum Gasteiger partial charge on any atom is 0.216 e. The highest BCUT2D eigenvalue weighted by atomic mass is 16.5. The topological polar surface area (TPSA) is 113 Å². The first kappa shape index (κ1) is 18.7. The molecule has 4 atom stereocenters. The number of nitrogens with zero attached hydrogens (tertiary/aromatic N) is 1. The maximum atomic E-state index is 11.1. The average molecular weight is 364 g/mol. The Morgan fingerprint density at radius 3 is 2.81 bits per heavy atom. The van der Waals surface area contributed by atoms with Gasteiger partial charge in [0.25, 0.3) is 0 Å². The molecule has 1 aromatic carbocycles. The molecule has 0 bridgehead atoms. The van der Waals surface area contributed by atoms with Gasteiger partial charge in [0.2, 0.25) is 5.91 Å². The number of fused-ring (bicyclic) bond motifs is 1. The van der Waals surface area contributed by atoms with Gasteiger partial charge in [-0.2, -0.15) is 0 Å². The van der Waals surface area contributed by atoms with E-state index >= 15 is 0 Å². The third kappa shape index (κ3) is 3.54. The fourth-order valence-electron chi connectivity index (χ4n) is 3.25. The molecule has 1 aliphatic heterocycles. The van der Waals surface area contributed by atoms with Crippen molar-refractivity contribution in [3.05, 3.63) is 30.0 Å². The monoisotopic (exact) mass is 364 g/mol. The van der Waals surface area contributed by atoms with Crippen molar-refractivity contribution >= 4 is 16.8 Å². The molecule has 1 amide bonds. The molecule has 0 saturated carbocycles. The van der Waals surface area contributed by atoms with Crippen LogP contribution < -0.4 is 10.1 Å². The van der Waals surface area contributed by atoms with Gasteiger partial charge in [0, 0.05) is 25.1 Å². The zero-order valence-electron chi connectivity index (χ0n) is 14.8. The van der Waals surface area contributed by atoms with Crippen LogP contribution in [-0.4, -0.2) is 64.4 Å². The first-order valence-corrected chi connectivity index (χ1v) is 8.50. The van der Waals surface area contributed by atoms with Crippen LogP contribution in [-0.2, 0) is 16.0 Å². The van der Waals surface area contributed by atoms with Crippen molar-refractivity contribution in [2.45, 2.75) is 37.9 Å². The molecule has 2 heterocycles. The van der Waals surface area contributed by atoms with E-state index in [1.54, 1.807) is 17.7 Å². The molecule has 1 saturated heterocycles. The van der Waals surface area contributed by atoms with Gasteiger partial charge in [0.1, 0.15) is 24.1 Å². The fourth-order valence-corrected chi connectivity index (χ4v) is 3.25. The lowest BCUT2D eigenvalue weighted by Crippen LogP contribution is -2.50. The van der Waals surface area contributed by atoms with E-state index in [-0.39, 0.29) is 12.5 Å². The molecule has 1 aliphatic rings. The summed E-state index contributed by atoms with van der Waals surface area (Å²) in [5.74, 6) is 0.589. The fraction of sp³-hybridized carbons (Fsp3) is 0.500. The highest BCUT2D eigenvalue weighted by Gasteiger charge is 2.39. The number of carbonyl (C=O) groups excluding carboxylic acids is 1. The van der Waals surface area contributed by atoms with E-state index in [1.807, 2.05) is 18.3 Å². The van der Waals surface area contributed by atoms with Gasteiger partial charge in [-0.05, 0) is 30.2 Å². The molecule has 0 spiro atoms. The highest BCUT2D eigenvalue weighted by Crippen LogP contribution is 2.33. The van der Waals surface area contributed by atoms with Crippen LogP contribution in [0.2, 0.25) is 0 Å². The predicted octanol–water partition coefficient (Wildman–Crippen LogP) is -0.0600. The Hall–Kier alpha value is -2.13. The molecule has 142 valence electrons. The number of carbonyl (C=O) groups is 1. The van der Waals surface area contributed by atoms with E-state index < -0.39 is 24.5 Å². The molecule has 2 aromatic rings. The van der Waals surface area contributed by atoms with E-state index in [0.717, 1.165) is 16.5 Å². The zero-order valence-corrected chi connectivity index (χ0v) is 14.8. The van der Waals surface area contributed by atoms with Gasteiger partial charge in [-0.3, -0.25) is 4.79 Å². The van der Waals surface area contributed by atoms with Gasteiger partial charge in [-0.15, -0.1) is 0 Å². The lowest BCUT2D eigenvalue weighted by Gasteiger charge is -2.36. The standard InChI is InChI=1S/C18H24N2O6/c1-10(21)19-6-5-11-8-20(14-4-3-12(25-2)7-13(11)14)18-17(24)16(23)15(22)9-26-18/h3-4,7-8,15-18,22-24H,5-6,9H2,1-2H3,(H,19,21)/t15-,16+,17-,18-/m1/s1. The molecule has 0 unspecified atom stereocenters. The first-order valence-electron chi connectivity index (χ1n) is 8.50. The predicted molar refractivity (Wildman–Crippen MR) is 93.9 cm³/mol. The smallest absolute Gasteiger partial charge is 0.216 e. The summed E-state index contributed by atoms with van der Waals surface area (Å²) >= 11 is 0. The molecular weight excluding hydrogens is 340 g/mol. The van der Waals surface area contributed by atoms with Crippen molar-refractivity contribution in [2.24, 2.45) is 0 Å². The van der Waals surface area contributed by atoms with Crippen LogP contribution in [0.1, 0.15) is 18.7 Å². The SMILES string of the molecule is COc1ccc2c(c1)c(CCNC(C)=O)cn2[C@@H]1OC[C@@H](O)[C@H](O)[C@H]1O. The van der Waals surface area contributed by atoms with Crippen molar-refractivity contribution in [3.8, 4) is 5.75 Å². The summed E-state index contributed by atoms with van der Waals surface area (Å²) in [6.07, 6.45) is -2.07. The van der Waals surface area contributed by atoms with Crippen LogP contribution >= 0.6 is 0 Å². The lowest BCUT2D eigenvalue weighted by atomic mass is 10.0. The molecule has 0 aliphatic carbocycles. The Morgan fingerprint density at radius 2 is 2.12 bits per heavy atom. The number of amides is 1. The van der Waals surface area contributed by atoms with Crippen molar-refractivity contribution in [1.82, 2.24) is 9.88 Å². The van der Waals surface area contributed by atoms with E-state index in [1.165, 1.54) is 6.92 Å². The van der Waals surface area contributed by atoms with Crippen LogP contribution in [0, 0.1) is 0 Å².